The first-order valence-corrected chi connectivity index (χ1v) is 15.7. The molecule has 2 aromatic carbocycles. The molecule has 6 rings (SSSR count). The van der Waals surface area contributed by atoms with E-state index in [9.17, 15) is 8.42 Å². The molecule has 0 saturated carbocycles. The Kier molecular flexibility index (Phi) is 8.00. The van der Waals surface area contributed by atoms with Gasteiger partial charge in [-0.1, -0.05) is 30.7 Å². The highest BCUT2D eigenvalue weighted by atomic mass is 32.2. The van der Waals surface area contributed by atoms with Crippen LogP contribution >= 0.6 is 0 Å². The van der Waals surface area contributed by atoms with Crippen LogP contribution in [0.3, 0.4) is 0 Å². The maximum Gasteiger partial charge on any atom is 0.301 e. The largest absolute Gasteiger partial charge is 0.437 e. The van der Waals surface area contributed by atoms with E-state index < -0.39 is 10.2 Å². The molecule has 214 valence electrons. The van der Waals surface area contributed by atoms with Crippen molar-refractivity contribution in [3.8, 4) is 22.9 Å². The highest BCUT2D eigenvalue weighted by Gasteiger charge is 2.25. The van der Waals surface area contributed by atoms with Gasteiger partial charge in [0.05, 0.1) is 16.9 Å². The van der Waals surface area contributed by atoms with Gasteiger partial charge in [0.25, 0.3) is 0 Å². The summed E-state index contributed by atoms with van der Waals surface area (Å²) < 4.78 is 37.1. The second-order valence-electron chi connectivity index (χ2n) is 10.6. The summed E-state index contributed by atoms with van der Waals surface area (Å²) in [4.78, 5) is 13.8. The van der Waals surface area contributed by atoms with Crippen LogP contribution in [0.5, 0.6) is 11.6 Å². The number of pyridine rings is 1. The van der Waals surface area contributed by atoms with E-state index in [1.807, 2.05) is 49.4 Å². The molecule has 0 radical (unpaired) electrons. The lowest BCUT2D eigenvalue weighted by Gasteiger charge is -2.26. The van der Waals surface area contributed by atoms with Crippen molar-refractivity contribution >= 4 is 32.6 Å². The van der Waals surface area contributed by atoms with E-state index in [0.29, 0.717) is 42.0 Å². The molecule has 2 aromatic heterocycles. The molecular weight excluding hydrogens is 538 g/mol. The van der Waals surface area contributed by atoms with Crippen LogP contribution in [0.2, 0.25) is 0 Å². The van der Waals surface area contributed by atoms with E-state index in [1.54, 1.807) is 18.5 Å². The van der Waals surface area contributed by atoms with E-state index in [-0.39, 0.29) is 6.04 Å². The Morgan fingerprint density at radius 1 is 0.951 bits per heavy atom. The van der Waals surface area contributed by atoms with Crippen molar-refractivity contribution in [2.45, 2.75) is 45.1 Å². The Morgan fingerprint density at radius 3 is 2.66 bits per heavy atom. The van der Waals surface area contributed by atoms with Crippen molar-refractivity contribution < 1.29 is 13.2 Å². The average molecular weight is 574 g/mol. The lowest BCUT2D eigenvalue weighted by molar-refractivity contribution is 0.349. The number of hydrogen-bond donors (Lipinski definition) is 3. The van der Waals surface area contributed by atoms with Gasteiger partial charge in [-0.15, -0.1) is 0 Å². The molecule has 0 spiro atoms. The van der Waals surface area contributed by atoms with Crippen molar-refractivity contribution in [3.05, 3.63) is 66.5 Å². The number of rotatable bonds is 8. The summed E-state index contributed by atoms with van der Waals surface area (Å²) in [5.41, 5.74) is 2.85. The number of piperidine rings is 2. The van der Waals surface area contributed by atoms with Crippen LogP contribution in [0.15, 0.2) is 60.9 Å². The summed E-state index contributed by atoms with van der Waals surface area (Å²) in [7, 11) is -3.66. The highest BCUT2D eigenvalue weighted by Crippen LogP contribution is 2.39. The zero-order valence-corrected chi connectivity index (χ0v) is 24.0. The minimum Gasteiger partial charge on any atom is -0.437 e. The maximum absolute atomic E-state index is 13.1. The van der Waals surface area contributed by atoms with Gasteiger partial charge in [-0.25, -0.2) is 15.0 Å². The third-order valence-electron chi connectivity index (χ3n) is 7.63. The van der Waals surface area contributed by atoms with Crippen molar-refractivity contribution in [3.63, 3.8) is 0 Å². The van der Waals surface area contributed by atoms with Crippen LogP contribution in [-0.2, 0) is 10.2 Å². The molecule has 1 atom stereocenters. The van der Waals surface area contributed by atoms with Crippen LogP contribution in [0.1, 0.15) is 37.7 Å². The van der Waals surface area contributed by atoms with E-state index in [4.69, 9.17) is 9.72 Å². The summed E-state index contributed by atoms with van der Waals surface area (Å²) in [5.74, 6) is 1.59. The number of aromatic nitrogens is 3. The Bertz CT molecular complexity index is 1630. The van der Waals surface area contributed by atoms with Gasteiger partial charge in [-0.05, 0) is 69.0 Å². The molecule has 2 saturated heterocycles. The predicted octanol–water partition coefficient (Wildman–Crippen LogP) is 5.10. The zero-order valence-electron chi connectivity index (χ0n) is 23.1. The number of benzene rings is 2. The first kappa shape index (κ1) is 27.4. The number of anilines is 2. The fourth-order valence-corrected chi connectivity index (χ4v) is 6.80. The van der Waals surface area contributed by atoms with Gasteiger partial charge in [0.15, 0.2) is 0 Å². The molecule has 4 aromatic rings. The standard InChI is InChI=1S/C30H35N7O3S/c1-21-12-13-23-24(9-5-11-27(23)36-41(38,39)37-18-3-2-4-19-37)28(21)40-29-25(10-7-16-32-29)26-14-17-33-30(35-26)34-22-8-6-15-31-20-22/h5,7,9-14,16-17,22,31,36H,2-4,6,8,15,18-20H2,1H3,(H,33,34,35). The third kappa shape index (κ3) is 6.12. The smallest absolute Gasteiger partial charge is 0.301 e. The fourth-order valence-electron chi connectivity index (χ4n) is 5.47. The van der Waals surface area contributed by atoms with Crippen molar-refractivity contribution in [2.24, 2.45) is 0 Å². The number of nitrogens with one attached hydrogen (secondary N) is 3. The molecule has 10 nitrogen and oxygen atoms in total. The minimum absolute atomic E-state index is 0.281. The second-order valence-corrected chi connectivity index (χ2v) is 12.3. The number of ether oxygens (including phenoxy) is 1. The maximum atomic E-state index is 13.1. The third-order valence-corrected chi connectivity index (χ3v) is 9.16. The van der Waals surface area contributed by atoms with Crippen molar-refractivity contribution in [1.29, 1.82) is 0 Å². The van der Waals surface area contributed by atoms with Crippen LogP contribution in [0.4, 0.5) is 11.6 Å². The summed E-state index contributed by atoms with van der Waals surface area (Å²) in [5, 5.41) is 8.38. The second kappa shape index (κ2) is 12.0. The Balaban J connectivity index is 1.31. The summed E-state index contributed by atoms with van der Waals surface area (Å²) in [6.07, 6.45) is 8.42. The van der Waals surface area contributed by atoms with Crippen molar-refractivity contribution in [1.82, 2.24) is 24.6 Å². The van der Waals surface area contributed by atoms with Gasteiger partial charge < -0.3 is 15.4 Å². The first-order valence-electron chi connectivity index (χ1n) is 14.2. The van der Waals surface area contributed by atoms with E-state index in [2.05, 4.69) is 25.3 Å². The van der Waals surface area contributed by atoms with Gasteiger partial charge in [0.1, 0.15) is 5.75 Å². The molecule has 0 aliphatic carbocycles. The molecule has 3 N–H and O–H groups in total. The van der Waals surface area contributed by atoms with Gasteiger partial charge in [-0.3, -0.25) is 4.72 Å². The molecule has 4 heterocycles. The Hall–Kier alpha value is -3.80. The predicted molar refractivity (Wildman–Crippen MR) is 162 cm³/mol. The molecule has 0 amide bonds. The molecule has 41 heavy (non-hydrogen) atoms. The minimum atomic E-state index is -3.66. The van der Waals surface area contributed by atoms with Gasteiger partial charge >= 0.3 is 10.2 Å². The number of aryl methyl sites for hydroxylation is 1. The summed E-state index contributed by atoms with van der Waals surface area (Å²) >= 11 is 0. The normalized spacial score (nSPS) is 18.2. The molecule has 2 aliphatic rings. The summed E-state index contributed by atoms with van der Waals surface area (Å²) in [6.45, 7) is 4.95. The van der Waals surface area contributed by atoms with Gasteiger partial charge in [0, 0.05) is 48.8 Å². The van der Waals surface area contributed by atoms with Gasteiger partial charge in [-0.2, -0.15) is 12.7 Å². The summed E-state index contributed by atoms with van der Waals surface area (Å²) in [6, 6.07) is 15.3. The van der Waals surface area contributed by atoms with Crippen LogP contribution in [-0.4, -0.2) is 59.9 Å². The quantitative estimate of drug-likeness (QED) is 0.266. The SMILES string of the molecule is Cc1ccc2c(NS(=O)(=O)N3CCCCC3)cccc2c1Oc1ncccc1-c1ccnc(NC2CCCNC2)n1. The van der Waals surface area contributed by atoms with Crippen LogP contribution in [0, 0.1) is 6.92 Å². The number of nitrogens with zero attached hydrogens (tertiary/aromatic N) is 4. The molecule has 1 unspecified atom stereocenters. The van der Waals surface area contributed by atoms with E-state index in [1.165, 1.54) is 4.31 Å². The molecular formula is C30H35N7O3S. The number of hydrogen-bond acceptors (Lipinski definition) is 8. The highest BCUT2D eigenvalue weighted by molar-refractivity contribution is 7.90. The molecule has 2 aliphatic heterocycles. The number of fused-ring (bicyclic) bond motifs is 1. The molecule has 2 fully saturated rings. The lowest BCUT2D eigenvalue weighted by Crippen LogP contribution is -2.39. The first-order chi connectivity index (χ1) is 20.0. The topological polar surface area (TPSA) is 121 Å². The van der Waals surface area contributed by atoms with Crippen LogP contribution in [0.25, 0.3) is 22.0 Å². The van der Waals surface area contributed by atoms with E-state index >= 15 is 0 Å². The molecule has 0 bridgehead atoms. The molecule has 11 heteroatoms. The van der Waals surface area contributed by atoms with Crippen molar-refractivity contribution in [2.75, 3.05) is 36.2 Å². The zero-order chi connectivity index (χ0) is 28.2. The monoisotopic (exact) mass is 573 g/mol. The Morgan fingerprint density at radius 2 is 1.83 bits per heavy atom. The average Bonchev–Trinajstić information content (AvgIpc) is 3.00. The van der Waals surface area contributed by atoms with Crippen LogP contribution < -0.4 is 20.1 Å². The Labute approximate surface area is 240 Å². The van der Waals surface area contributed by atoms with E-state index in [0.717, 1.165) is 67.1 Å². The lowest BCUT2D eigenvalue weighted by atomic mass is 10.0. The fraction of sp³-hybridized carbons (Fsp3) is 0.367. The van der Waals surface area contributed by atoms with Gasteiger partial charge in [0.2, 0.25) is 11.8 Å².